The number of nitrogens with zero attached hydrogens (tertiary/aromatic N) is 1. The molecule has 0 unspecified atom stereocenters. The van der Waals surface area contributed by atoms with E-state index in [4.69, 9.17) is 25.8 Å². The summed E-state index contributed by atoms with van der Waals surface area (Å²) in [6.07, 6.45) is 0. The molecule has 0 fully saturated rings. The van der Waals surface area contributed by atoms with E-state index in [2.05, 4.69) is 5.32 Å². The highest BCUT2D eigenvalue weighted by Crippen LogP contribution is 2.41. The molecule has 2 rings (SSSR count). The number of hydrogen-bond acceptors (Lipinski definition) is 5. The third kappa shape index (κ3) is 5.04. The van der Waals surface area contributed by atoms with Crippen LogP contribution < -0.4 is 24.4 Å². The number of halogens is 1. The molecule has 0 spiro atoms. The van der Waals surface area contributed by atoms with Gasteiger partial charge in [0.25, 0.3) is 0 Å². The standard InChI is InChI=1S/C19H21ClN2O5/c1-12(23)22(11-18(24)21-14-7-5-6-13(20)8-14)15-9-16(25-2)19(27-4)17(10-15)26-3/h5-10H,11H2,1-4H3,(H,21,24). The molecule has 0 aliphatic heterocycles. The molecule has 0 saturated heterocycles. The minimum absolute atomic E-state index is 0.194. The van der Waals surface area contributed by atoms with Gasteiger partial charge in [-0.1, -0.05) is 17.7 Å². The van der Waals surface area contributed by atoms with Crippen molar-refractivity contribution in [1.29, 1.82) is 0 Å². The Bertz CT molecular complexity index is 816. The van der Waals surface area contributed by atoms with Crippen LogP contribution in [0, 0.1) is 0 Å². The van der Waals surface area contributed by atoms with Crippen LogP contribution in [0.25, 0.3) is 0 Å². The minimum atomic E-state index is -0.374. The van der Waals surface area contributed by atoms with Gasteiger partial charge in [0.1, 0.15) is 6.54 Å². The van der Waals surface area contributed by atoms with Crippen molar-refractivity contribution in [2.45, 2.75) is 6.92 Å². The summed E-state index contributed by atoms with van der Waals surface area (Å²) in [7, 11) is 4.44. The van der Waals surface area contributed by atoms with Crippen molar-refractivity contribution in [1.82, 2.24) is 0 Å². The van der Waals surface area contributed by atoms with Crippen LogP contribution in [0.5, 0.6) is 17.2 Å². The number of amides is 2. The Morgan fingerprint density at radius 3 is 2.15 bits per heavy atom. The summed E-state index contributed by atoms with van der Waals surface area (Å²) in [5, 5.41) is 3.21. The van der Waals surface area contributed by atoms with Gasteiger partial charge in [-0.05, 0) is 18.2 Å². The number of ether oxygens (including phenoxy) is 3. The van der Waals surface area contributed by atoms with Crippen molar-refractivity contribution >= 4 is 34.8 Å². The Morgan fingerprint density at radius 1 is 1.04 bits per heavy atom. The molecule has 8 heteroatoms. The van der Waals surface area contributed by atoms with Crippen LogP contribution in [0.1, 0.15) is 6.92 Å². The maximum atomic E-state index is 12.4. The van der Waals surface area contributed by atoms with Crippen molar-refractivity contribution in [2.75, 3.05) is 38.1 Å². The smallest absolute Gasteiger partial charge is 0.244 e. The van der Waals surface area contributed by atoms with Gasteiger partial charge in [-0.3, -0.25) is 9.59 Å². The fourth-order valence-electron chi connectivity index (χ4n) is 2.52. The topological polar surface area (TPSA) is 77.1 Å². The molecular formula is C19H21ClN2O5. The van der Waals surface area contributed by atoms with Crippen LogP contribution in [0.4, 0.5) is 11.4 Å². The quantitative estimate of drug-likeness (QED) is 0.781. The highest BCUT2D eigenvalue weighted by atomic mass is 35.5. The molecule has 2 amide bonds. The molecule has 0 bridgehead atoms. The molecular weight excluding hydrogens is 372 g/mol. The number of methoxy groups -OCH3 is 3. The van der Waals surface area contributed by atoms with E-state index in [1.807, 2.05) is 0 Å². The molecule has 2 aromatic carbocycles. The lowest BCUT2D eigenvalue weighted by atomic mass is 10.2. The van der Waals surface area contributed by atoms with Crippen LogP contribution in [0.3, 0.4) is 0 Å². The van der Waals surface area contributed by atoms with Crippen LogP contribution in [0.15, 0.2) is 36.4 Å². The summed E-state index contributed by atoms with van der Waals surface area (Å²) in [6.45, 7) is 1.18. The number of carbonyl (C=O) groups is 2. The van der Waals surface area contributed by atoms with E-state index >= 15 is 0 Å². The Labute approximate surface area is 162 Å². The van der Waals surface area contributed by atoms with Gasteiger partial charge in [0, 0.05) is 29.8 Å². The van der Waals surface area contributed by atoms with Gasteiger partial charge in [0.15, 0.2) is 11.5 Å². The highest BCUT2D eigenvalue weighted by Gasteiger charge is 2.21. The third-order valence-corrected chi connectivity index (χ3v) is 3.99. The monoisotopic (exact) mass is 392 g/mol. The average molecular weight is 393 g/mol. The molecule has 1 N–H and O–H groups in total. The van der Waals surface area contributed by atoms with E-state index in [-0.39, 0.29) is 18.4 Å². The predicted molar refractivity (Wildman–Crippen MR) is 104 cm³/mol. The maximum Gasteiger partial charge on any atom is 0.244 e. The molecule has 0 heterocycles. The van der Waals surface area contributed by atoms with E-state index in [1.54, 1.807) is 36.4 Å². The highest BCUT2D eigenvalue weighted by molar-refractivity contribution is 6.30. The van der Waals surface area contributed by atoms with Crippen molar-refractivity contribution in [3.8, 4) is 17.2 Å². The lowest BCUT2D eigenvalue weighted by Crippen LogP contribution is -2.36. The molecule has 0 aromatic heterocycles. The molecule has 144 valence electrons. The van der Waals surface area contributed by atoms with E-state index in [0.29, 0.717) is 33.6 Å². The summed E-state index contributed by atoms with van der Waals surface area (Å²) in [4.78, 5) is 25.9. The number of anilines is 2. The lowest BCUT2D eigenvalue weighted by Gasteiger charge is -2.23. The number of hydrogen-bond donors (Lipinski definition) is 1. The molecule has 0 atom stereocenters. The first kappa shape index (κ1) is 20.4. The molecule has 0 saturated carbocycles. The second-order valence-electron chi connectivity index (χ2n) is 5.55. The summed E-state index contributed by atoms with van der Waals surface area (Å²) >= 11 is 5.92. The number of rotatable bonds is 7. The lowest BCUT2D eigenvalue weighted by molar-refractivity contribution is -0.120. The first-order valence-electron chi connectivity index (χ1n) is 8.03. The second-order valence-corrected chi connectivity index (χ2v) is 5.98. The first-order valence-corrected chi connectivity index (χ1v) is 8.41. The van der Waals surface area contributed by atoms with Gasteiger partial charge in [-0.15, -0.1) is 0 Å². The van der Waals surface area contributed by atoms with Crippen molar-refractivity contribution in [3.63, 3.8) is 0 Å². The van der Waals surface area contributed by atoms with Gasteiger partial charge in [0.05, 0.1) is 27.0 Å². The van der Waals surface area contributed by atoms with Crippen molar-refractivity contribution in [2.24, 2.45) is 0 Å². The minimum Gasteiger partial charge on any atom is -0.493 e. The molecule has 0 radical (unpaired) electrons. The zero-order valence-corrected chi connectivity index (χ0v) is 16.3. The average Bonchev–Trinajstić information content (AvgIpc) is 2.64. The van der Waals surface area contributed by atoms with E-state index in [9.17, 15) is 9.59 Å². The van der Waals surface area contributed by atoms with Gasteiger partial charge >= 0.3 is 0 Å². The van der Waals surface area contributed by atoms with Gasteiger partial charge in [-0.2, -0.15) is 0 Å². The van der Waals surface area contributed by atoms with E-state index in [0.717, 1.165) is 0 Å². The SMILES string of the molecule is COc1cc(N(CC(=O)Nc2cccc(Cl)c2)C(C)=O)cc(OC)c1OC. The first-order chi connectivity index (χ1) is 12.9. The zero-order valence-electron chi connectivity index (χ0n) is 15.5. The van der Waals surface area contributed by atoms with Crippen LogP contribution in [0.2, 0.25) is 5.02 Å². The van der Waals surface area contributed by atoms with Gasteiger partial charge in [-0.25, -0.2) is 0 Å². The molecule has 2 aromatic rings. The van der Waals surface area contributed by atoms with Crippen molar-refractivity contribution < 1.29 is 23.8 Å². The van der Waals surface area contributed by atoms with E-state index < -0.39 is 0 Å². The molecule has 27 heavy (non-hydrogen) atoms. The number of carbonyl (C=O) groups excluding carboxylic acids is 2. The molecule has 0 aliphatic carbocycles. The summed E-state index contributed by atoms with van der Waals surface area (Å²) in [6, 6.07) is 9.97. The van der Waals surface area contributed by atoms with Crippen LogP contribution in [-0.4, -0.2) is 39.7 Å². The number of nitrogens with one attached hydrogen (secondary N) is 1. The largest absolute Gasteiger partial charge is 0.493 e. The van der Waals surface area contributed by atoms with Crippen LogP contribution >= 0.6 is 11.6 Å². The Hall–Kier alpha value is -2.93. The third-order valence-electron chi connectivity index (χ3n) is 3.75. The Kier molecular flexibility index (Phi) is 6.90. The summed E-state index contributed by atoms with van der Waals surface area (Å²) < 4.78 is 15.9. The Balaban J connectivity index is 2.29. The van der Waals surface area contributed by atoms with Gasteiger partial charge < -0.3 is 24.4 Å². The summed E-state index contributed by atoms with van der Waals surface area (Å²) in [5.74, 6) is 0.476. The van der Waals surface area contributed by atoms with Crippen LogP contribution in [-0.2, 0) is 9.59 Å². The molecule has 7 nitrogen and oxygen atoms in total. The second kappa shape index (κ2) is 9.14. The maximum absolute atomic E-state index is 12.4. The fourth-order valence-corrected chi connectivity index (χ4v) is 2.71. The number of benzene rings is 2. The Morgan fingerprint density at radius 2 is 1.67 bits per heavy atom. The van der Waals surface area contributed by atoms with E-state index in [1.165, 1.54) is 33.2 Å². The van der Waals surface area contributed by atoms with Gasteiger partial charge in [0.2, 0.25) is 17.6 Å². The molecule has 0 aliphatic rings. The fraction of sp³-hybridized carbons (Fsp3) is 0.263. The zero-order chi connectivity index (χ0) is 20.0. The van der Waals surface area contributed by atoms with Crippen molar-refractivity contribution in [3.05, 3.63) is 41.4 Å². The summed E-state index contributed by atoms with van der Waals surface area (Å²) in [5.41, 5.74) is 0.985. The predicted octanol–water partition coefficient (Wildman–Crippen LogP) is 3.36. The normalized spacial score (nSPS) is 10.1.